The summed E-state index contributed by atoms with van der Waals surface area (Å²) < 4.78 is 5.59. The Kier molecular flexibility index (Phi) is 10.6. The van der Waals surface area contributed by atoms with Crippen LogP contribution in [0.25, 0.3) is 16.0 Å². The first-order chi connectivity index (χ1) is 17.1. The number of hydrogen-bond acceptors (Lipinski definition) is 2. The van der Waals surface area contributed by atoms with E-state index in [1.54, 1.807) is 18.2 Å². The average Bonchev–Trinajstić information content (AvgIpc) is 2.90. The minimum absolute atomic E-state index is 0.322. The van der Waals surface area contributed by atoms with Gasteiger partial charge in [0.15, 0.2) is 0 Å². The zero-order chi connectivity index (χ0) is 24.9. The molecule has 0 N–H and O–H groups in total. The number of carbonyl (C=O) groups is 1. The third-order valence-corrected chi connectivity index (χ3v) is 6.39. The van der Waals surface area contributed by atoms with E-state index in [9.17, 15) is 4.79 Å². The molecule has 182 valence electrons. The minimum atomic E-state index is -0.444. The Morgan fingerprint density at radius 3 is 1.91 bits per heavy atom. The van der Waals surface area contributed by atoms with E-state index in [0.29, 0.717) is 17.0 Å². The molecule has 0 radical (unpaired) electrons. The zero-order valence-electron chi connectivity index (χ0n) is 21.2. The van der Waals surface area contributed by atoms with Crippen LogP contribution in [0.2, 0.25) is 0 Å². The summed E-state index contributed by atoms with van der Waals surface area (Å²) in [7, 11) is 0. The van der Waals surface area contributed by atoms with E-state index < -0.39 is 5.97 Å². The largest absolute Gasteiger partial charge is 0.435 e. The molecule has 0 saturated carbocycles. The highest BCUT2D eigenvalue weighted by Crippen LogP contribution is 2.30. The number of carbonyl (C=O) groups excluding carboxylic acids is 1. The molecule has 0 spiro atoms. The quantitative estimate of drug-likeness (QED) is 0.108. The number of unbranched alkanes of at least 4 members (excludes halogenated alkanes) is 6. The van der Waals surface area contributed by atoms with Gasteiger partial charge in [-0.3, -0.25) is 0 Å². The second-order valence-electron chi connectivity index (χ2n) is 9.20. The Balaban J connectivity index is 1.59. The summed E-state index contributed by atoms with van der Waals surface area (Å²) >= 11 is 0. The van der Waals surface area contributed by atoms with Crippen LogP contribution in [0.5, 0.6) is 5.75 Å². The predicted molar refractivity (Wildman–Crippen MR) is 145 cm³/mol. The summed E-state index contributed by atoms with van der Waals surface area (Å²) in [5, 5.41) is 0. The van der Waals surface area contributed by atoms with Crippen LogP contribution >= 0.6 is 0 Å². The van der Waals surface area contributed by atoms with Gasteiger partial charge in [-0.15, -0.1) is 0 Å². The van der Waals surface area contributed by atoms with Gasteiger partial charge in [0.1, 0.15) is 5.75 Å². The Labute approximate surface area is 211 Å². The molecule has 0 heterocycles. The second-order valence-corrected chi connectivity index (χ2v) is 9.20. The Hall–Kier alpha value is -3.38. The van der Waals surface area contributed by atoms with Gasteiger partial charge in [-0.25, -0.2) is 9.64 Å². The average molecular weight is 468 g/mol. The van der Waals surface area contributed by atoms with E-state index >= 15 is 0 Å². The predicted octanol–water partition coefficient (Wildman–Crippen LogP) is 9.37. The van der Waals surface area contributed by atoms with Crippen LogP contribution in [0.4, 0.5) is 5.69 Å². The van der Waals surface area contributed by atoms with E-state index in [0.717, 1.165) is 36.0 Å². The number of esters is 1. The maximum Gasteiger partial charge on any atom is 0.342 e. The summed E-state index contributed by atoms with van der Waals surface area (Å²) in [5.74, 6) is -0.123. The highest BCUT2D eigenvalue weighted by atomic mass is 16.5. The molecule has 0 aliphatic rings. The lowest BCUT2D eigenvalue weighted by atomic mass is 10.0. The molecule has 0 aromatic heterocycles. The first kappa shape index (κ1) is 26.2. The van der Waals surface area contributed by atoms with E-state index in [1.807, 2.05) is 24.3 Å². The lowest BCUT2D eigenvalue weighted by Crippen LogP contribution is -2.08. The molecule has 0 saturated heterocycles. The van der Waals surface area contributed by atoms with Crippen LogP contribution in [0, 0.1) is 6.57 Å². The third kappa shape index (κ3) is 8.11. The van der Waals surface area contributed by atoms with Crippen molar-refractivity contribution in [3.8, 4) is 16.9 Å². The highest BCUT2D eigenvalue weighted by molar-refractivity contribution is 5.92. The van der Waals surface area contributed by atoms with Gasteiger partial charge < -0.3 is 4.74 Å². The van der Waals surface area contributed by atoms with E-state index in [2.05, 4.69) is 43.0 Å². The smallest absolute Gasteiger partial charge is 0.342 e. The highest BCUT2D eigenvalue weighted by Gasteiger charge is 2.13. The molecule has 3 aromatic rings. The van der Waals surface area contributed by atoms with Crippen molar-refractivity contribution in [2.75, 3.05) is 0 Å². The van der Waals surface area contributed by atoms with Crippen LogP contribution in [-0.2, 0) is 12.8 Å². The standard InChI is InChI=1S/C32H37NO2/c1-4-6-8-9-11-13-26-16-23-31(30(24-26)33-3)35-32(34)29-21-19-28(20-22-29)27-17-14-25(15-18-27)12-10-7-5-2/h14-24H,4-13H2,1-2H3. The van der Waals surface area contributed by atoms with Gasteiger partial charge in [-0.05, 0) is 66.6 Å². The van der Waals surface area contributed by atoms with Crippen LogP contribution in [0.3, 0.4) is 0 Å². The number of rotatable bonds is 13. The number of hydrogen-bond donors (Lipinski definition) is 0. The topological polar surface area (TPSA) is 30.7 Å². The Morgan fingerprint density at radius 1 is 0.714 bits per heavy atom. The number of aryl methyl sites for hydroxylation is 2. The minimum Gasteiger partial charge on any atom is -0.435 e. The molecule has 3 heteroatoms. The molecular formula is C32H37NO2. The van der Waals surface area contributed by atoms with E-state index in [-0.39, 0.29) is 0 Å². The van der Waals surface area contributed by atoms with Gasteiger partial charge in [0.2, 0.25) is 5.69 Å². The van der Waals surface area contributed by atoms with E-state index in [1.165, 1.54) is 50.5 Å². The van der Waals surface area contributed by atoms with Crippen molar-refractivity contribution in [1.82, 2.24) is 0 Å². The Bertz CT molecular complexity index is 1110. The molecule has 0 aliphatic heterocycles. The molecular weight excluding hydrogens is 430 g/mol. The maximum absolute atomic E-state index is 12.7. The lowest BCUT2D eigenvalue weighted by Gasteiger charge is -2.09. The lowest BCUT2D eigenvalue weighted by molar-refractivity contribution is 0.0736. The number of benzene rings is 3. The van der Waals surface area contributed by atoms with Crippen molar-refractivity contribution in [3.05, 3.63) is 94.8 Å². The normalized spacial score (nSPS) is 10.7. The van der Waals surface area contributed by atoms with Crippen LogP contribution in [0.1, 0.15) is 86.7 Å². The monoisotopic (exact) mass is 467 g/mol. The van der Waals surface area contributed by atoms with Crippen LogP contribution < -0.4 is 4.74 Å². The molecule has 0 atom stereocenters. The van der Waals surface area contributed by atoms with Crippen molar-refractivity contribution in [2.45, 2.75) is 78.1 Å². The van der Waals surface area contributed by atoms with E-state index in [4.69, 9.17) is 11.3 Å². The first-order valence-electron chi connectivity index (χ1n) is 13.1. The van der Waals surface area contributed by atoms with Crippen molar-refractivity contribution in [2.24, 2.45) is 0 Å². The van der Waals surface area contributed by atoms with Crippen molar-refractivity contribution < 1.29 is 9.53 Å². The molecule has 3 aromatic carbocycles. The first-order valence-corrected chi connectivity index (χ1v) is 13.1. The maximum atomic E-state index is 12.7. The fourth-order valence-electron chi connectivity index (χ4n) is 4.23. The number of nitrogens with zero attached hydrogens (tertiary/aromatic N) is 1. The molecule has 3 rings (SSSR count). The fraction of sp³-hybridized carbons (Fsp3) is 0.375. The Morgan fingerprint density at radius 2 is 1.26 bits per heavy atom. The van der Waals surface area contributed by atoms with Crippen molar-refractivity contribution in [3.63, 3.8) is 0 Å². The third-order valence-electron chi connectivity index (χ3n) is 6.39. The van der Waals surface area contributed by atoms with Crippen LogP contribution in [-0.4, -0.2) is 5.97 Å². The summed E-state index contributed by atoms with van der Waals surface area (Å²) in [5.41, 5.74) is 5.53. The van der Waals surface area contributed by atoms with Gasteiger partial charge in [0, 0.05) is 0 Å². The molecule has 0 bridgehead atoms. The molecule has 0 unspecified atom stereocenters. The zero-order valence-corrected chi connectivity index (χ0v) is 21.2. The van der Waals surface area contributed by atoms with Crippen molar-refractivity contribution in [1.29, 1.82) is 0 Å². The van der Waals surface area contributed by atoms with Crippen LogP contribution in [0.15, 0.2) is 66.7 Å². The number of ether oxygens (including phenoxy) is 1. The summed E-state index contributed by atoms with van der Waals surface area (Å²) in [6.07, 6.45) is 11.9. The SMILES string of the molecule is [C-]#[N+]c1cc(CCCCCCC)ccc1OC(=O)c1ccc(-c2ccc(CCCCC)cc2)cc1. The fourth-order valence-corrected chi connectivity index (χ4v) is 4.23. The van der Waals surface area contributed by atoms with Gasteiger partial charge in [-0.1, -0.05) is 100 Å². The molecule has 35 heavy (non-hydrogen) atoms. The molecule has 3 nitrogen and oxygen atoms in total. The van der Waals surface area contributed by atoms with Gasteiger partial charge >= 0.3 is 5.97 Å². The van der Waals surface area contributed by atoms with Gasteiger partial charge in [0.25, 0.3) is 0 Å². The molecule has 0 aliphatic carbocycles. The summed E-state index contributed by atoms with van der Waals surface area (Å²) in [6.45, 7) is 12.0. The summed E-state index contributed by atoms with van der Waals surface area (Å²) in [4.78, 5) is 16.3. The van der Waals surface area contributed by atoms with Crippen molar-refractivity contribution >= 4 is 11.7 Å². The van der Waals surface area contributed by atoms with Gasteiger partial charge in [-0.2, -0.15) is 0 Å². The van der Waals surface area contributed by atoms with Gasteiger partial charge in [0.05, 0.1) is 12.1 Å². The molecule has 0 amide bonds. The second kappa shape index (κ2) is 14.1. The molecule has 0 fully saturated rings. The summed E-state index contributed by atoms with van der Waals surface area (Å²) in [6, 6.07) is 21.7.